The number of hydrogen-bond donors (Lipinski definition) is 1. The normalized spacial score (nSPS) is 11.6. The van der Waals surface area contributed by atoms with Crippen LogP contribution >= 0.6 is 11.6 Å². The van der Waals surface area contributed by atoms with E-state index < -0.39 is 12.0 Å². The number of nitrogens with zero attached hydrogens (tertiary/aromatic N) is 2. The summed E-state index contributed by atoms with van der Waals surface area (Å²) in [5, 5.41) is 2.61. The Morgan fingerprint density at radius 2 is 1.94 bits per heavy atom. The van der Waals surface area contributed by atoms with Gasteiger partial charge in [-0.05, 0) is 6.42 Å². The first-order chi connectivity index (χ1) is 8.43. The minimum Gasteiger partial charge on any atom is -0.370 e. The third kappa shape index (κ3) is 5.08. The lowest BCUT2D eigenvalue weighted by molar-refractivity contribution is -0.144. The Morgan fingerprint density at radius 3 is 2.56 bits per heavy atom. The van der Waals surface area contributed by atoms with Crippen molar-refractivity contribution in [3.8, 4) is 0 Å². The van der Waals surface area contributed by atoms with Gasteiger partial charge in [-0.1, -0.05) is 37.8 Å². The molecule has 0 amide bonds. The molecular formula is C11H15ClF3N3. The van der Waals surface area contributed by atoms with Crippen LogP contribution in [0, 0.1) is 0 Å². The number of rotatable bonds is 6. The molecule has 0 saturated carbocycles. The minimum absolute atomic E-state index is 0.110. The average molecular weight is 282 g/mol. The Bertz CT molecular complexity index is 382. The standard InChI is InChI=1S/C11H15ClF3N3/c1-2-3-4-5-6-16-9-7-8(12)17-10(18-9)11(13,14)15/h7H,2-6H2,1H3,(H,16,17,18). The molecule has 0 atom stereocenters. The largest absolute Gasteiger partial charge is 0.451 e. The molecule has 0 unspecified atom stereocenters. The summed E-state index contributed by atoms with van der Waals surface area (Å²) in [6.45, 7) is 2.66. The maximum atomic E-state index is 12.4. The van der Waals surface area contributed by atoms with Gasteiger partial charge < -0.3 is 5.32 Å². The molecular weight excluding hydrogens is 267 g/mol. The number of anilines is 1. The van der Waals surface area contributed by atoms with E-state index in [1.807, 2.05) is 0 Å². The maximum absolute atomic E-state index is 12.4. The van der Waals surface area contributed by atoms with Crippen LogP contribution in [-0.2, 0) is 6.18 Å². The van der Waals surface area contributed by atoms with E-state index in [0.29, 0.717) is 6.54 Å². The molecule has 18 heavy (non-hydrogen) atoms. The van der Waals surface area contributed by atoms with E-state index >= 15 is 0 Å². The topological polar surface area (TPSA) is 37.8 Å². The van der Waals surface area contributed by atoms with Crippen LogP contribution in [0.1, 0.15) is 38.4 Å². The van der Waals surface area contributed by atoms with E-state index in [0.717, 1.165) is 25.7 Å². The first kappa shape index (κ1) is 15.0. The predicted octanol–water partition coefficient (Wildman–Crippen LogP) is 4.14. The second-order valence-electron chi connectivity index (χ2n) is 3.88. The molecule has 1 heterocycles. The fourth-order valence-corrected chi connectivity index (χ4v) is 1.59. The third-order valence-corrected chi connectivity index (χ3v) is 2.48. The van der Waals surface area contributed by atoms with E-state index in [9.17, 15) is 13.2 Å². The molecule has 102 valence electrons. The van der Waals surface area contributed by atoms with Crippen LogP contribution in [0.2, 0.25) is 5.15 Å². The lowest BCUT2D eigenvalue weighted by Gasteiger charge is -2.09. The lowest BCUT2D eigenvalue weighted by atomic mass is 10.2. The van der Waals surface area contributed by atoms with Crippen molar-refractivity contribution in [1.29, 1.82) is 0 Å². The van der Waals surface area contributed by atoms with E-state index in [1.54, 1.807) is 0 Å². The summed E-state index contributed by atoms with van der Waals surface area (Å²) >= 11 is 5.53. The van der Waals surface area contributed by atoms with Crippen molar-refractivity contribution in [2.45, 2.75) is 38.8 Å². The SMILES string of the molecule is CCCCCCNc1cc(Cl)nc(C(F)(F)F)n1. The van der Waals surface area contributed by atoms with Crippen molar-refractivity contribution >= 4 is 17.4 Å². The van der Waals surface area contributed by atoms with Gasteiger partial charge in [-0.3, -0.25) is 0 Å². The highest BCUT2D eigenvalue weighted by molar-refractivity contribution is 6.29. The van der Waals surface area contributed by atoms with Crippen molar-refractivity contribution in [2.75, 3.05) is 11.9 Å². The van der Waals surface area contributed by atoms with Crippen LogP contribution < -0.4 is 5.32 Å². The van der Waals surface area contributed by atoms with Crippen LogP contribution in [0.3, 0.4) is 0 Å². The van der Waals surface area contributed by atoms with Crippen LogP contribution in [0.5, 0.6) is 0 Å². The highest BCUT2D eigenvalue weighted by atomic mass is 35.5. The second kappa shape index (κ2) is 6.78. The maximum Gasteiger partial charge on any atom is 0.451 e. The Morgan fingerprint density at radius 1 is 1.22 bits per heavy atom. The summed E-state index contributed by atoms with van der Waals surface area (Å²) in [7, 11) is 0. The molecule has 0 aliphatic rings. The van der Waals surface area contributed by atoms with E-state index in [1.165, 1.54) is 6.07 Å². The summed E-state index contributed by atoms with van der Waals surface area (Å²) < 4.78 is 37.3. The molecule has 1 N–H and O–H groups in total. The Labute approximate surface area is 109 Å². The average Bonchev–Trinajstić information content (AvgIpc) is 2.27. The summed E-state index contributed by atoms with van der Waals surface area (Å²) in [6.07, 6.45) is -0.438. The molecule has 0 fully saturated rings. The molecule has 7 heteroatoms. The highest BCUT2D eigenvalue weighted by Crippen LogP contribution is 2.28. The lowest BCUT2D eigenvalue weighted by Crippen LogP contribution is -2.13. The van der Waals surface area contributed by atoms with E-state index in [-0.39, 0.29) is 11.0 Å². The van der Waals surface area contributed by atoms with Gasteiger partial charge in [0.1, 0.15) is 11.0 Å². The van der Waals surface area contributed by atoms with Crippen molar-refractivity contribution in [3.63, 3.8) is 0 Å². The predicted molar refractivity (Wildman–Crippen MR) is 64.7 cm³/mol. The zero-order chi connectivity index (χ0) is 13.6. The Kier molecular flexibility index (Phi) is 5.65. The number of unbranched alkanes of at least 4 members (excludes halogenated alkanes) is 3. The second-order valence-corrected chi connectivity index (χ2v) is 4.27. The van der Waals surface area contributed by atoms with Gasteiger partial charge in [0.2, 0.25) is 5.82 Å². The van der Waals surface area contributed by atoms with Crippen LogP contribution in [-0.4, -0.2) is 16.5 Å². The molecule has 0 aliphatic heterocycles. The number of nitrogens with one attached hydrogen (secondary N) is 1. The van der Waals surface area contributed by atoms with Crippen LogP contribution in [0.15, 0.2) is 6.07 Å². The first-order valence-corrected chi connectivity index (χ1v) is 6.17. The van der Waals surface area contributed by atoms with Gasteiger partial charge in [-0.15, -0.1) is 0 Å². The number of alkyl halides is 3. The molecule has 0 saturated heterocycles. The smallest absolute Gasteiger partial charge is 0.370 e. The minimum atomic E-state index is -4.58. The van der Waals surface area contributed by atoms with Crippen LogP contribution in [0.25, 0.3) is 0 Å². The molecule has 0 spiro atoms. The van der Waals surface area contributed by atoms with Gasteiger partial charge in [-0.2, -0.15) is 13.2 Å². The van der Waals surface area contributed by atoms with Crippen molar-refractivity contribution in [2.24, 2.45) is 0 Å². The van der Waals surface area contributed by atoms with Crippen LogP contribution in [0.4, 0.5) is 19.0 Å². The fraction of sp³-hybridized carbons (Fsp3) is 0.636. The molecule has 3 nitrogen and oxygen atoms in total. The van der Waals surface area contributed by atoms with Crippen molar-refractivity contribution < 1.29 is 13.2 Å². The van der Waals surface area contributed by atoms with Gasteiger partial charge >= 0.3 is 6.18 Å². The van der Waals surface area contributed by atoms with Crippen molar-refractivity contribution in [1.82, 2.24) is 9.97 Å². The molecule has 0 radical (unpaired) electrons. The monoisotopic (exact) mass is 281 g/mol. The number of aromatic nitrogens is 2. The zero-order valence-corrected chi connectivity index (χ0v) is 10.8. The van der Waals surface area contributed by atoms with E-state index in [2.05, 4.69) is 22.2 Å². The molecule has 1 aromatic rings. The molecule has 0 aromatic carbocycles. The molecule has 1 aromatic heterocycles. The number of hydrogen-bond acceptors (Lipinski definition) is 3. The first-order valence-electron chi connectivity index (χ1n) is 5.79. The Hall–Kier alpha value is -1.04. The van der Waals surface area contributed by atoms with E-state index in [4.69, 9.17) is 11.6 Å². The summed E-state index contributed by atoms with van der Waals surface area (Å²) in [4.78, 5) is 6.54. The fourth-order valence-electron chi connectivity index (χ4n) is 1.40. The molecule has 0 aliphatic carbocycles. The van der Waals surface area contributed by atoms with Gasteiger partial charge in [-0.25, -0.2) is 9.97 Å². The summed E-state index contributed by atoms with van der Waals surface area (Å²) in [5.74, 6) is -1.11. The molecule has 1 rings (SSSR count). The highest BCUT2D eigenvalue weighted by Gasteiger charge is 2.35. The van der Waals surface area contributed by atoms with Crippen molar-refractivity contribution in [3.05, 3.63) is 17.0 Å². The van der Waals surface area contributed by atoms with Gasteiger partial charge in [0, 0.05) is 12.6 Å². The third-order valence-electron chi connectivity index (χ3n) is 2.28. The summed E-state index contributed by atoms with van der Waals surface area (Å²) in [6, 6.07) is 1.29. The van der Waals surface area contributed by atoms with Gasteiger partial charge in [0.05, 0.1) is 0 Å². The zero-order valence-electron chi connectivity index (χ0n) is 10.0. The molecule has 0 bridgehead atoms. The van der Waals surface area contributed by atoms with Gasteiger partial charge in [0.15, 0.2) is 0 Å². The van der Waals surface area contributed by atoms with Gasteiger partial charge in [0.25, 0.3) is 0 Å². The quantitative estimate of drug-likeness (QED) is 0.629. The summed E-state index contributed by atoms with van der Waals surface area (Å²) in [5.41, 5.74) is 0. The number of halogens is 4. The Balaban J connectivity index is 2.58.